The maximum absolute atomic E-state index is 12.9. The number of piperidine rings is 1. The highest BCUT2D eigenvalue weighted by Gasteiger charge is 2.71. The predicted octanol–water partition coefficient (Wildman–Crippen LogP) is 2.15. The number of ether oxygens (including phenoxy) is 3. The van der Waals surface area contributed by atoms with Crippen LogP contribution in [0.4, 0.5) is 0 Å². The molecule has 4 aliphatic rings. The summed E-state index contributed by atoms with van der Waals surface area (Å²) in [4.78, 5) is 39.1. The number of hydrogen-bond donors (Lipinski definition) is 3. The lowest BCUT2D eigenvalue weighted by molar-refractivity contribution is -0.170. The van der Waals surface area contributed by atoms with E-state index in [1.54, 1.807) is 36.4 Å². The van der Waals surface area contributed by atoms with Crippen molar-refractivity contribution in [3.8, 4) is 5.75 Å². The Labute approximate surface area is 230 Å². The second-order valence-electron chi connectivity index (χ2n) is 11.0. The summed E-state index contributed by atoms with van der Waals surface area (Å²) in [5, 5.41) is 31.7. The van der Waals surface area contributed by atoms with Gasteiger partial charge in [0.2, 0.25) is 6.10 Å². The highest BCUT2D eigenvalue weighted by atomic mass is 16.6. The van der Waals surface area contributed by atoms with Crippen molar-refractivity contribution < 1.29 is 43.9 Å². The van der Waals surface area contributed by atoms with Gasteiger partial charge in [-0.15, -0.1) is 0 Å². The van der Waals surface area contributed by atoms with Crippen molar-refractivity contribution >= 4 is 17.9 Å². The lowest BCUT2D eigenvalue weighted by Gasteiger charge is -2.61. The summed E-state index contributed by atoms with van der Waals surface area (Å²) < 4.78 is 17.3. The van der Waals surface area contributed by atoms with E-state index in [2.05, 4.69) is 4.90 Å². The van der Waals surface area contributed by atoms with E-state index in [1.807, 2.05) is 19.2 Å². The molecule has 2 aromatic carbocycles. The fraction of sp³-hybridized carbons (Fsp3) is 0.433. The minimum absolute atomic E-state index is 0.152. The molecule has 1 fully saturated rings. The van der Waals surface area contributed by atoms with Crippen LogP contribution < -0.4 is 4.74 Å². The largest absolute Gasteiger partial charge is 0.481 e. The van der Waals surface area contributed by atoms with Gasteiger partial charge in [-0.05, 0) is 38.1 Å². The van der Waals surface area contributed by atoms with Crippen LogP contribution in [-0.4, -0.2) is 69.5 Å². The standard InChI is InChI=1S/C30H31NO9/c1-31-14-13-29-24-18-7-8-19(16-32)25(24)40-27(29)20(11-12-30(29,37)21(31)15-18)38-22(33)9-10-23(34)39-26(28(35)36)17-5-3-2-4-6-17/h2-8,11,21,26-27,32,37H,9-10,12-16H2,1H3,(H,35,36)/t21?,26-,27-,29-,30+/m0/s1. The molecule has 0 amide bonds. The van der Waals surface area contributed by atoms with Gasteiger partial charge in [-0.25, -0.2) is 4.79 Å². The van der Waals surface area contributed by atoms with Gasteiger partial charge in [-0.3, -0.25) is 9.59 Å². The minimum Gasteiger partial charge on any atom is -0.481 e. The van der Waals surface area contributed by atoms with Gasteiger partial charge in [0.25, 0.3) is 0 Å². The molecule has 0 saturated carbocycles. The Morgan fingerprint density at radius 1 is 1.12 bits per heavy atom. The van der Waals surface area contributed by atoms with Gasteiger partial charge in [0, 0.05) is 29.2 Å². The van der Waals surface area contributed by atoms with Gasteiger partial charge < -0.3 is 34.4 Å². The third-order valence-electron chi connectivity index (χ3n) is 8.97. The zero-order chi connectivity index (χ0) is 28.2. The van der Waals surface area contributed by atoms with Crippen LogP contribution >= 0.6 is 0 Å². The number of aliphatic hydroxyl groups is 2. The normalized spacial score (nSPS) is 28.5. The number of carboxylic acids is 1. The summed E-state index contributed by atoms with van der Waals surface area (Å²) in [7, 11) is 2.00. The van der Waals surface area contributed by atoms with Crippen LogP contribution in [-0.2, 0) is 42.3 Å². The van der Waals surface area contributed by atoms with Crippen LogP contribution in [0.1, 0.15) is 54.0 Å². The molecule has 1 unspecified atom stereocenters. The first kappa shape index (κ1) is 26.5. The van der Waals surface area contributed by atoms with Crippen LogP contribution in [0.5, 0.6) is 5.75 Å². The monoisotopic (exact) mass is 549 g/mol. The lowest BCUT2D eigenvalue weighted by Crippen LogP contribution is -2.74. The number of benzene rings is 2. The van der Waals surface area contributed by atoms with E-state index in [4.69, 9.17) is 14.2 Å². The lowest BCUT2D eigenvalue weighted by atomic mass is 9.50. The van der Waals surface area contributed by atoms with Gasteiger partial charge in [-0.1, -0.05) is 42.5 Å². The SMILES string of the molecule is CN1CC[C@]23c4c5ccc(CO)c4O[C@H]2C(OC(=O)CCC(=O)O[C@H](C(=O)O)c2ccccc2)=CC[C@@]3(O)C1C5. The zero-order valence-corrected chi connectivity index (χ0v) is 22.0. The van der Waals surface area contributed by atoms with Crippen molar-refractivity contribution in [2.24, 2.45) is 0 Å². The summed E-state index contributed by atoms with van der Waals surface area (Å²) in [6, 6.07) is 11.8. The average Bonchev–Trinajstić information content (AvgIpc) is 3.30. The first-order valence-corrected chi connectivity index (χ1v) is 13.4. The topological polar surface area (TPSA) is 143 Å². The molecule has 10 nitrogen and oxygen atoms in total. The van der Waals surface area contributed by atoms with E-state index in [0.29, 0.717) is 36.3 Å². The summed E-state index contributed by atoms with van der Waals surface area (Å²) in [5.41, 5.74) is 0.876. The van der Waals surface area contributed by atoms with Gasteiger partial charge in [0.05, 0.1) is 30.5 Å². The van der Waals surface area contributed by atoms with Crippen LogP contribution in [0.15, 0.2) is 54.3 Å². The first-order valence-electron chi connectivity index (χ1n) is 13.4. The molecular formula is C30H31NO9. The van der Waals surface area contributed by atoms with E-state index in [-0.39, 0.29) is 37.7 Å². The van der Waals surface area contributed by atoms with Gasteiger partial charge >= 0.3 is 17.9 Å². The number of hydrogen-bond acceptors (Lipinski definition) is 9. The van der Waals surface area contributed by atoms with Gasteiger partial charge in [-0.2, -0.15) is 0 Å². The van der Waals surface area contributed by atoms with Crippen molar-refractivity contribution in [1.29, 1.82) is 0 Å². The zero-order valence-electron chi connectivity index (χ0n) is 22.0. The fourth-order valence-corrected chi connectivity index (χ4v) is 7.10. The second kappa shape index (κ2) is 9.72. The van der Waals surface area contributed by atoms with Crippen LogP contribution in [0.25, 0.3) is 0 Å². The molecule has 40 heavy (non-hydrogen) atoms. The summed E-state index contributed by atoms with van der Waals surface area (Å²) in [6.45, 7) is 0.489. The number of esters is 2. The van der Waals surface area contributed by atoms with E-state index < -0.39 is 41.1 Å². The number of carboxylic acid groups (broad SMARTS) is 1. The number of likely N-dealkylation sites (N-methyl/N-ethyl adjacent to an activating group) is 1. The van der Waals surface area contributed by atoms with Crippen molar-refractivity contribution in [3.05, 3.63) is 76.6 Å². The molecule has 6 rings (SSSR count). The Bertz CT molecular complexity index is 1410. The highest BCUT2D eigenvalue weighted by Crippen LogP contribution is 2.64. The molecule has 10 heteroatoms. The number of likely N-dealkylation sites (tertiary alicyclic amines) is 1. The molecule has 2 heterocycles. The second-order valence-corrected chi connectivity index (χ2v) is 11.0. The Balaban J connectivity index is 1.20. The Morgan fingerprint density at radius 2 is 1.88 bits per heavy atom. The van der Waals surface area contributed by atoms with Crippen molar-refractivity contribution in [2.75, 3.05) is 13.6 Å². The Morgan fingerprint density at radius 3 is 2.60 bits per heavy atom. The molecule has 2 aliphatic carbocycles. The molecule has 1 spiro atoms. The van der Waals surface area contributed by atoms with E-state index >= 15 is 0 Å². The molecule has 0 radical (unpaired) electrons. The number of carbonyl (C=O) groups is 3. The molecule has 0 aromatic heterocycles. The maximum Gasteiger partial charge on any atom is 0.349 e. The molecule has 2 aromatic rings. The van der Waals surface area contributed by atoms with Crippen molar-refractivity contribution in [2.45, 2.75) is 68.0 Å². The summed E-state index contributed by atoms with van der Waals surface area (Å²) >= 11 is 0. The van der Waals surface area contributed by atoms with Gasteiger partial charge in [0.15, 0.2) is 6.10 Å². The van der Waals surface area contributed by atoms with E-state index in [0.717, 1.165) is 11.1 Å². The third kappa shape index (κ3) is 3.85. The molecule has 2 aliphatic heterocycles. The van der Waals surface area contributed by atoms with Crippen LogP contribution in [0.3, 0.4) is 0 Å². The quantitative estimate of drug-likeness (QED) is 0.419. The average molecular weight is 550 g/mol. The molecule has 3 N–H and O–H groups in total. The number of aliphatic carboxylic acids is 1. The first-order chi connectivity index (χ1) is 19.2. The number of rotatable bonds is 8. The molecule has 210 valence electrons. The molecular weight excluding hydrogens is 518 g/mol. The third-order valence-corrected chi connectivity index (χ3v) is 8.97. The van der Waals surface area contributed by atoms with Crippen molar-refractivity contribution in [1.82, 2.24) is 4.90 Å². The Hall–Kier alpha value is -3.73. The highest BCUT2D eigenvalue weighted by molar-refractivity contribution is 5.82. The molecule has 1 saturated heterocycles. The predicted molar refractivity (Wildman–Crippen MR) is 139 cm³/mol. The smallest absolute Gasteiger partial charge is 0.349 e. The number of carbonyl (C=O) groups excluding carboxylic acids is 2. The van der Waals surface area contributed by atoms with Crippen LogP contribution in [0.2, 0.25) is 0 Å². The summed E-state index contributed by atoms with van der Waals surface area (Å²) in [6.07, 6.45) is 0.226. The summed E-state index contributed by atoms with van der Waals surface area (Å²) in [5.74, 6) is -2.04. The number of aliphatic hydroxyl groups excluding tert-OH is 1. The number of nitrogens with zero attached hydrogens (tertiary/aromatic N) is 1. The van der Waals surface area contributed by atoms with Crippen LogP contribution in [0, 0.1) is 0 Å². The van der Waals surface area contributed by atoms with E-state index in [1.165, 1.54) is 0 Å². The molecule has 2 bridgehead atoms. The van der Waals surface area contributed by atoms with Crippen molar-refractivity contribution in [3.63, 3.8) is 0 Å². The van der Waals surface area contributed by atoms with Gasteiger partial charge in [0.1, 0.15) is 11.5 Å². The minimum atomic E-state index is -1.48. The van der Waals surface area contributed by atoms with E-state index in [9.17, 15) is 29.7 Å². The fourth-order valence-electron chi connectivity index (χ4n) is 7.10. The maximum atomic E-state index is 12.9. The molecule has 5 atom stereocenters. The Kier molecular flexibility index (Phi) is 6.44.